The van der Waals surface area contributed by atoms with E-state index in [4.69, 9.17) is 25.9 Å². The summed E-state index contributed by atoms with van der Waals surface area (Å²) in [4.78, 5) is 11.7. The molecule has 1 aromatic carbocycles. The summed E-state index contributed by atoms with van der Waals surface area (Å²) in [6.45, 7) is 12.1. The van der Waals surface area contributed by atoms with Crippen LogP contribution >= 0.6 is 35.6 Å². The smallest absolute Gasteiger partial charge is 0.228 e. The van der Waals surface area contributed by atoms with Crippen molar-refractivity contribution in [1.82, 2.24) is 25.7 Å². The molecule has 10 heteroatoms. The second kappa shape index (κ2) is 12.6. The third-order valence-corrected chi connectivity index (χ3v) is 5.25. The first-order valence-electron chi connectivity index (χ1n) is 10.4. The molecule has 2 heterocycles. The van der Waals surface area contributed by atoms with E-state index in [2.05, 4.69) is 46.4 Å². The zero-order chi connectivity index (χ0) is 21.4. The number of rotatable bonds is 8. The fourth-order valence-corrected chi connectivity index (χ4v) is 3.46. The van der Waals surface area contributed by atoms with Gasteiger partial charge >= 0.3 is 0 Å². The van der Waals surface area contributed by atoms with Crippen molar-refractivity contribution >= 4 is 41.5 Å². The first-order valence-corrected chi connectivity index (χ1v) is 10.8. The van der Waals surface area contributed by atoms with Crippen LogP contribution in [-0.4, -0.2) is 72.5 Å². The first-order chi connectivity index (χ1) is 14.5. The Hall–Kier alpha value is -1.43. The topological polar surface area (TPSA) is 87.8 Å². The molecule has 1 aliphatic rings. The van der Waals surface area contributed by atoms with Crippen molar-refractivity contribution in [3.63, 3.8) is 0 Å². The van der Waals surface area contributed by atoms with Crippen molar-refractivity contribution in [2.45, 2.75) is 32.7 Å². The molecule has 1 saturated heterocycles. The van der Waals surface area contributed by atoms with Crippen LogP contribution in [0, 0.1) is 0 Å². The molecule has 0 spiro atoms. The van der Waals surface area contributed by atoms with Gasteiger partial charge in [0.15, 0.2) is 5.96 Å². The van der Waals surface area contributed by atoms with Crippen LogP contribution in [0.5, 0.6) is 0 Å². The van der Waals surface area contributed by atoms with E-state index in [9.17, 15) is 0 Å². The number of nitrogens with one attached hydrogen (secondary N) is 2. The van der Waals surface area contributed by atoms with Gasteiger partial charge in [-0.1, -0.05) is 28.9 Å². The van der Waals surface area contributed by atoms with Crippen LogP contribution < -0.4 is 10.6 Å². The highest BCUT2D eigenvalue weighted by Gasteiger charge is 2.28. The molecule has 1 aromatic heterocycles. The summed E-state index contributed by atoms with van der Waals surface area (Å²) in [7, 11) is 0. The largest absolute Gasteiger partial charge is 0.379 e. The van der Waals surface area contributed by atoms with E-state index in [1.165, 1.54) is 0 Å². The highest BCUT2D eigenvalue weighted by Crippen LogP contribution is 2.20. The molecule has 0 atom stereocenters. The molecule has 172 valence electrons. The van der Waals surface area contributed by atoms with Crippen molar-refractivity contribution in [2.75, 3.05) is 45.9 Å². The second-order valence-electron chi connectivity index (χ2n) is 7.81. The SMILES string of the molecule is CCNC(=NCC(C)(C)N1CCOCC1)NCCc1nc(-c2cccc(Cl)c2)no1.I. The normalized spacial score (nSPS) is 15.4. The van der Waals surface area contributed by atoms with Gasteiger partial charge in [-0.15, -0.1) is 24.0 Å². The summed E-state index contributed by atoms with van der Waals surface area (Å²) in [6, 6.07) is 7.41. The Morgan fingerprint density at radius 3 is 2.74 bits per heavy atom. The molecule has 0 saturated carbocycles. The second-order valence-corrected chi connectivity index (χ2v) is 8.24. The van der Waals surface area contributed by atoms with Crippen molar-refractivity contribution in [1.29, 1.82) is 0 Å². The van der Waals surface area contributed by atoms with Crippen LogP contribution in [0.15, 0.2) is 33.8 Å². The lowest BCUT2D eigenvalue weighted by Crippen LogP contribution is -2.52. The van der Waals surface area contributed by atoms with Gasteiger partial charge in [0.2, 0.25) is 11.7 Å². The number of nitrogens with zero attached hydrogens (tertiary/aromatic N) is 4. The molecule has 2 N–H and O–H groups in total. The van der Waals surface area contributed by atoms with Crippen molar-refractivity contribution in [3.05, 3.63) is 35.2 Å². The highest BCUT2D eigenvalue weighted by atomic mass is 127. The first kappa shape index (κ1) is 25.8. The van der Waals surface area contributed by atoms with Gasteiger partial charge in [-0.05, 0) is 32.9 Å². The van der Waals surface area contributed by atoms with E-state index in [1.54, 1.807) is 0 Å². The number of guanidine groups is 1. The van der Waals surface area contributed by atoms with Gasteiger partial charge in [-0.25, -0.2) is 0 Å². The van der Waals surface area contributed by atoms with Gasteiger partial charge in [0.1, 0.15) is 0 Å². The monoisotopic (exact) mass is 562 g/mol. The maximum absolute atomic E-state index is 6.04. The number of halogens is 2. The van der Waals surface area contributed by atoms with Crippen molar-refractivity contribution in [2.24, 2.45) is 4.99 Å². The number of hydrogen-bond acceptors (Lipinski definition) is 6. The zero-order valence-corrected chi connectivity index (χ0v) is 21.4. The van der Waals surface area contributed by atoms with Gasteiger partial charge in [0, 0.05) is 48.7 Å². The Labute approximate surface area is 206 Å². The average Bonchev–Trinajstić information content (AvgIpc) is 3.22. The lowest BCUT2D eigenvalue weighted by molar-refractivity contribution is -0.00683. The predicted octanol–water partition coefficient (Wildman–Crippen LogP) is 3.22. The molecule has 3 rings (SSSR count). The summed E-state index contributed by atoms with van der Waals surface area (Å²) in [5, 5.41) is 11.3. The summed E-state index contributed by atoms with van der Waals surface area (Å²) in [5.74, 6) is 1.90. The van der Waals surface area contributed by atoms with Crippen LogP contribution in [-0.2, 0) is 11.2 Å². The van der Waals surface area contributed by atoms with Gasteiger partial charge in [-0.3, -0.25) is 9.89 Å². The van der Waals surface area contributed by atoms with Crippen LogP contribution in [0.1, 0.15) is 26.7 Å². The molecule has 0 radical (unpaired) electrons. The number of benzene rings is 1. The minimum Gasteiger partial charge on any atom is -0.379 e. The molecule has 0 amide bonds. The fraction of sp³-hybridized carbons (Fsp3) is 0.571. The zero-order valence-electron chi connectivity index (χ0n) is 18.4. The molecule has 0 bridgehead atoms. The van der Waals surface area contributed by atoms with E-state index >= 15 is 0 Å². The quantitative estimate of drug-likeness (QED) is 0.290. The van der Waals surface area contributed by atoms with Gasteiger partial charge < -0.3 is 19.9 Å². The summed E-state index contributed by atoms with van der Waals surface area (Å²) < 4.78 is 10.8. The third kappa shape index (κ3) is 7.89. The highest BCUT2D eigenvalue weighted by molar-refractivity contribution is 14.0. The Morgan fingerprint density at radius 2 is 2.03 bits per heavy atom. The molecule has 0 unspecified atom stereocenters. The van der Waals surface area contributed by atoms with Crippen molar-refractivity contribution in [3.8, 4) is 11.4 Å². The van der Waals surface area contributed by atoms with E-state index in [0.29, 0.717) is 36.2 Å². The van der Waals surface area contributed by atoms with Crippen LogP contribution in [0.4, 0.5) is 0 Å². The van der Waals surface area contributed by atoms with E-state index in [1.807, 2.05) is 24.3 Å². The Morgan fingerprint density at radius 1 is 1.26 bits per heavy atom. The molecule has 1 fully saturated rings. The number of ether oxygens (including phenoxy) is 1. The Balaban J connectivity index is 0.00000341. The molecule has 2 aromatic rings. The molecule has 1 aliphatic heterocycles. The standard InChI is InChI=1S/C21H31ClN6O2.HI/c1-4-23-20(25-15-21(2,3)28-10-12-29-13-11-28)24-9-8-18-26-19(27-30-18)16-6-5-7-17(22)14-16;/h5-7,14H,4,8-13,15H2,1-3H3,(H2,23,24,25);1H. The number of morpholine rings is 1. The van der Waals surface area contributed by atoms with Gasteiger partial charge in [0.05, 0.1) is 19.8 Å². The minimum atomic E-state index is -0.0233. The average molecular weight is 563 g/mol. The molecule has 31 heavy (non-hydrogen) atoms. The van der Waals surface area contributed by atoms with E-state index < -0.39 is 0 Å². The lowest BCUT2D eigenvalue weighted by Gasteiger charge is -2.39. The maximum atomic E-state index is 6.04. The fourth-order valence-electron chi connectivity index (χ4n) is 3.27. The predicted molar refractivity (Wildman–Crippen MR) is 134 cm³/mol. The number of aromatic nitrogens is 2. The van der Waals surface area contributed by atoms with Crippen LogP contribution in [0.3, 0.4) is 0 Å². The van der Waals surface area contributed by atoms with Gasteiger partial charge in [0.25, 0.3) is 0 Å². The van der Waals surface area contributed by atoms with E-state index in [0.717, 1.165) is 44.4 Å². The summed E-state index contributed by atoms with van der Waals surface area (Å²) in [6.07, 6.45) is 0.602. The summed E-state index contributed by atoms with van der Waals surface area (Å²) >= 11 is 6.04. The Bertz CT molecular complexity index is 839. The molecular weight excluding hydrogens is 531 g/mol. The number of aliphatic imine (C=N–C) groups is 1. The van der Waals surface area contributed by atoms with Crippen LogP contribution in [0.2, 0.25) is 5.02 Å². The minimum absolute atomic E-state index is 0. The van der Waals surface area contributed by atoms with Crippen LogP contribution in [0.25, 0.3) is 11.4 Å². The third-order valence-electron chi connectivity index (χ3n) is 5.02. The van der Waals surface area contributed by atoms with Crippen molar-refractivity contribution < 1.29 is 9.26 Å². The lowest BCUT2D eigenvalue weighted by atomic mass is 10.0. The summed E-state index contributed by atoms with van der Waals surface area (Å²) in [5.41, 5.74) is 0.815. The maximum Gasteiger partial charge on any atom is 0.228 e. The molecular formula is C21H32ClIN6O2. The van der Waals surface area contributed by atoms with E-state index in [-0.39, 0.29) is 29.5 Å². The van der Waals surface area contributed by atoms with Gasteiger partial charge in [-0.2, -0.15) is 4.98 Å². The molecule has 0 aliphatic carbocycles. The number of hydrogen-bond donors (Lipinski definition) is 2. The molecule has 8 nitrogen and oxygen atoms in total. The Kier molecular flexibility index (Phi) is 10.5.